The summed E-state index contributed by atoms with van der Waals surface area (Å²) in [6, 6.07) is 15.4. The van der Waals surface area contributed by atoms with Crippen molar-refractivity contribution in [2.75, 3.05) is 18.9 Å². The smallest absolute Gasteiger partial charge is 0.410 e. The first kappa shape index (κ1) is 20.4. The SMILES string of the molecule is CN(CC(=O)Nc1ccc(-c2nc3ccccc3n2C)cc1)C(=O)OC(C)(C)C. The van der Waals surface area contributed by atoms with Crippen LogP contribution < -0.4 is 5.32 Å². The third kappa shape index (κ3) is 4.93. The number of amides is 2. The van der Waals surface area contributed by atoms with Crippen molar-refractivity contribution in [3.8, 4) is 11.4 Å². The average Bonchev–Trinajstić information content (AvgIpc) is 2.98. The fourth-order valence-electron chi connectivity index (χ4n) is 2.93. The lowest BCUT2D eigenvalue weighted by Crippen LogP contribution is -2.38. The van der Waals surface area contributed by atoms with Crippen LogP contribution in [0.25, 0.3) is 22.4 Å². The Kier molecular flexibility index (Phi) is 5.59. The zero-order valence-electron chi connectivity index (χ0n) is 17.4. The van der Waals surface area contributed by atoms with Gasteiger partial charge in [-0.3, -0.25) is 4.79 Å². The fraction of sp³-hybridized carbons (Fsp3) is 0.318. The first-order valence-electron chi connectivity index (χ1n) is 9.40. The lowest BCUT2D eigenvalue weighted by Gasteiger charge is -2.24. The molecule has 0 fully saturated rings. The molecule has 0 bridgehead atoms. The summed E-state index contributed by atoms with van der Waals surface area (Å²) in [4.78, 5) is 30.1. The Morgan fingerprint density at radius 2 is 1.76 bits per heavy atom. The van der Waals surface area contributed by atoms with Crippen molar-refractivity contribution >= 4 is 28.7 Å². The van der Waals surface area contributed by atoms with Crippen molar-refractivity contribution in [3.05, 3.63) is 48.5 Å². The molecule has 2 aromatic carbocycles. The Hall–Kier alpha value is -3.35. The van der Waals surface area contributed by atoms with Crippen molar-refractivity contribution in [2.45, 2.75) is 26.4 Å². The quantitative estimate of drug-likeness (QED) is 0.724. The first-order valence-corrected chi connectivity index (χ1v) is 9.40. The summed E-state index contributed by atoms with van der Waals surface area (Å²) in [5, 5.41) is 2.79. The molecule has 0 aliphatic carbocycles. The number of imidazole rings is 1. The van der Waals surface area contributed by atoms with Gasteiger partial charge in [0.25, 0.3) is 0 Å². The molecule has 0 atom stereocenters. The molecule has 0 unspecified atom stereocenters. The van der Waals surface area contributed by atoms with Gasteiger partial charge in [0.1, 0.15) is 18.0 Å². The number of para-hydroxylation sites is 2. The Bertz CT molecular complexity index is 1030. The number of ether oxygens (including phenoxy) is 1. The summed E-state index contributed by atoms with van der Waals surface area (Å²) in [6.07, 6.45) is -0.537. The van der Waals surface area contributed by atoms with Crippen LogP contribution in [0.3, 0.4) is 0 Å². The normalized spacial score (nSPS) is 11.3. The van der Waals surface area contributed by atoms with Gasteiger partial charge in [-0.2, -0.15) is 0 Å². The number of hydrogen-bond donors (Lipinski definition) is 1. The van der Waals surface area contributed by atoms with Crippen molar-refractivity contribution in [1.82, 2.24) is 14.5 Å². The number of nitrogens with zero attached hydrogens (tertiary/aromatic N) is 3. The van der Waals surface area contributed by atoms with E-state index in [0.29, 0.717) is 5.69 Å². The van der Waals surface area contributed by atoms with Gasteiger partial charge >= 0.3 is 6.09 Å². The molecule has 3 aromatic rings. The molecular weight excluding hydrogens is 368 g/mol. The summed E-state index contributed by atoms with van der Waals surface area (Å²) in [5.74, 6) is 0.558. The fourth-order valence-corrected chi connectivity index (χ4v) is 2.93. The van der Waals surface area contributed by atoms with Gasteiger partial charge in [-0.1, -0.05) is 12.1 Å². The van der Waals surface area contributed by atoms with Crippen LogP contribution in [0.15, 0.2) is 48.5 Å². The van der Waals surface area contributed by atoms with Crippen molar-refractivity contribution in [3.63, 3.8) is 0 Å². The standard InChI is InChI=1S/C22H26N4O3/c1-22(2,3)29-21(28)25(4)14-19(27)23-16-12-10-15(11-13-16)20-24-17-8-6-7-9-18(17)26(20)5/h6-13H,14H2,1-5H3,(H,23,27). The Balaban J connectivity index is 1.65. The van der Waals surface area contributed by atoms with E-state index in [1.54, 1.807) is 20.8 Å². The van der Waals surface area contributed by atoms with Crippen LogP contribution in [0, 0.1) is 0 Å². The predicted molar refractivity (Wildman–Crippen MR) is 114 cm³/mol. The minimum absolute atomic E-state index is 0.0958. The highest BCUT2D eigenvalue weighted by atomic mass is 16.6. The third-order valence-corrected chi connectivity index (χ3v) is 4.30. The zero-order chi connectivity index (χ0) is 21.2. The number of aryl methyl sites for hydroxylation is 1. The van der Waals surface area contributed by atoms with Crippen molar-refractivity contribution in [1.29, 1.82) is 0 Å². The molecule has 152 valence electrons. The van der Waals surface area contributed by atoms with Crippen molar-refractivity contribution < 1.29 is 14.3 Å². The number of anilines is 1. The molecule has 0 saturated carbocycles. The topological polar surface area (TPSA) is 76.5 Å². The summed E-state index contributed by atoms with van der Waals surface area (Å²) >= 11 is 0. The molecule has 0 aliphatic heterocycles. The van der Waals surface area contributed by atoms with Crippen LogP contribution in [0.4, 0.5) is 10.5 Å². The van der Waals surface area contributed by atoms with Gasteiger partial charge in [-0.05, 0) is 57.2 Å². The molecule has 1 heterocycles. The number of hydrogen-bond acceptors (Lipinski definition) is 4. The number of benzene rings is 2. The van der Waals surface area contributed by atoms with Crippen LogP contribution in [0.5, 0.6) is 0 Å². The average molecular weight is 394 g/mol. The summed E-state index contributed by atoms with van der Waals surface area (Å²) < 4.78 is 7.29. The minimum Gasteiger partial charge on any atom is -0.444 e. The highest BCUT2D eigenvalue weighted by Crippen LogP contribution is 2.24. The van der Waals surface area contributed by atoms with Crippen LogP contribution in [-0.2, 0) is 16.6 Å². The van der Waals surface area contributed by atoms with Gasteiger partial charge in [0.05, 0.1) is 11.0 Å². The molecule has 0 aliphatic rings. The molecule has 0 radical (unpaired) electrons. The second-order valence-corrected chi connectivity index (χ2v) is 7.95. The summed E-state index contributed by atoms with van der Waals surface area (Å²) in [6.45, 7) is 5.25. The molecule has 1 N–H and O–H groups in total. The van der Waals surface area contributed by atoms with Gasteiger partial charge in [-0.25, -0.2) is 9.78 Å². The molecule has 29 heavy (non-hydrogen) atoms. The van der Waals surface area contributed by atoms with Crippen LogP contribution in [0.1, 0.15) is 20.8 Å². The number of aromatic nitrogens is 2. The van der Waals surface area contributed by atoms with Crippen LogP contribution in [0.2, 0.25) is 0 Å². The molecule has 0 saturated heterocycles. The highest BCUT2D eigenvalue weighted by molar-refractivity contribution is 5.94. The maximum Gasteiger partial charge on any atom is 0.410 e. The van der Waals surface area contributed by atoms with Gasteiger partial charge in [0.15, 0.2) is 0 Å². The van der Waals surface area contributed by atoms with E-state index in [0.717, 1.165) is 22.4 Å². The maximum absolute atomic E-state index is 12.2. The number of likely N-dealkylation sites (N-methyl/N-ethyl adjacent to an activating group) is 1. The van der Waals surface area contributed by atoms with Crippen molar-refractivity contribution in [2.24, 2.45) is 7.05 Å². The van der Waals surface area contributed by atoms with Gasteiger partial charge < -0.3 is 19.5 Å². The Morgan fingerprint density at radius 1 is 1.10 bits per heavy atom. The van der Waals surface area contributed by atoms with Crippen LogP contribution in [-0.4, -0.2) is 45.6 Å². The Labute approximate surface area is 170 Å². The number of fused-ring (bicyclic) bond motifs is 1. The van der Waals surface area contributed by atoms with E-state index in [1.807, 2.05) is 60.1 Å². The minimum atomic E-state index is -0.604. The lowest BCUT2D eigenvalue weighted by atomic mass is 10.2. The zero-order valence-corrected chi connectivity index (χ0v) is 17.4. The van der Waals surface area contributed by atoms with Crippen LogP contribution >= 0.6 is 0 Å². The highest BCUT2D eigenvalue weighted by Gasteiger charge is 2.21. The first-order chi connectivity index (χ1) is 13.6. The summed E-state index contributed by atoms with van der Waals surface area (Å²) in [7, 11) is 3.51. The molecule has 7 nitrogen and oxygen atoms in total. The Morgan fingerprint density at radius 3 is 2.38 bits per heavy atom. The molecule has 7 heteroatoms. The lowest BCUT2D eigenvalue weighted by molar-refractivity contribution is -0.117. The second-order valence-electron chi connectivity index (χ2n) is 7.95. The maximum atomic E-state index is 12.2. The van der Waals surface area contributed by atoms with E-state index in [4.69, 9.17) is 4.74 Å². The van der Waals surface area contributed by atoms with E-state index < -0.39 is 11.7 Å². The van der Waals surface area contributed by atoms with E-state index in [1.165, 1.54) is 11.9 Å². The predicted octanol–water partition coefficient (Wildman–Crippen LogP) is 4.05. The number of carbonyl (C=O) groups excluding carboxylic acids is 2. The van der Waals surface area contributed by atoms with Gasteiger partial charge in [0.2, 0.25) is 5.91 Å². The van der Waals surface area contributed by atoms with E-state index in [-0.39, 0.29) is 12.5 Å². The molecule has 1 aromatic heterocycles. The second kappa shape index (κ2) is 7.95. The van der Waals surface area contributed by atoms with Gasteiger partial charge in [0, 0.05) is 25.3 Å². The van der Waals surface area contributed by atoms with Gasteiger partial charge in [-0.15, -0.1) is 0 Å². The number of carbonyl (C=O) groups is 2. The molecule has 0 spiro atoms. The number of rotatable bonds is 4. The molecule has 2 amide bonds. The largest absolute Gasteiger partial charge is 0.444 e. The molecular formula is C22H26N4O3. The van der Waals surface area contributed by atoms with E-state index in [9.17, 15) is 9.59 Å². The van der Waals surface area contributed by atoms with E-state index in [2.05, 4.69) is 10.3 Å². The third-order valence-electron chi connectivity index (χ3n) is 4.30. The number of nitrogens with one attached hydrogen (secondary N) is 1. The molecule has 3 rings (SSSR count). The summed E-state index contributed by atoms with van der Waals surface area (Å²) in [5.41, 5.74) is 2.99. The monoisotopic (exact) mass is 394 g/mol. The van der Waals surface area contributed by atoms with E-state index >= 15 is 0 Å².